The minimum Gasteiger partial charge on any atom is -0.322 e. The van der Waals surface area contributed by atoms with Crippen molar-refractivity contribution >= 4 is 11.8 Å². The lowest BCUT2D eigenvalue weighted by Crippen LogP contribution is -2.39. The van der Waals surface area contributed by atoms with Crippen molar-refractivity contribution in [1.82, 2.24) is 9.71 Å². The molecule has 0 spiro atoms. The standard InChI is InChI=1S/C20H20N4O3/c1-23(16-10-6-3-7-11-16)20(26)27-24-14-18(22-13-19(24)25)17(21)12-15-8-4-2-5-9-15/h2-11,13-14,17H,12,21H2,1H3. The normalized spacial score (nSPS) is 11.6. The van der Waals surface area contributed by atoms with Crippen molar-refractivity contribution in [3.63, 3.8) is 0 Å². The van der Waals surface area contributed by atoms with Crippen LogP contribution >= 0.6 is 0 Å². The lowest BCUT2D eigenvalue weighted by Gasteiger charge is -2.18. The predicted molar refractivity (Wildman–Crippen MR) is 102 cm³/mol. The number of anilines is 1. The van der Waals surface area contributed by atoms with Crippen molar-refractivity contribution in [2.75, 3.05) is 11.9 Å². The van der Waals surface area contributed by atoms with Crippen LogP contribution in [-0.4, -0.2) is 22.9 Å². The molecule has 3 aromatic rings. The Morgan fingerprint density at radius 1 is 1.15 bits per heavy atom. The highest BCUT2D eigenvalue weighted by Crippen LogP contribution is 2.13. The number of rotatable bonds is 5. The number of amides is 1. The molecule has 7 nitrogen and oxygen atoms in total. The maximum absolute atomic E-state index is 12.3. The molecule has 0 fully saturated rings. The molecule has 2 N–H and O–H groups in total. The molecule has 0 saturated heterocycles. The molecular weight excluding hydrogens is 344 g/mol. The quantitative estimate of drug-likeness (QED) is 0.749. The molecule has 1 aromatic heterocycles. The van der Waals surface area contributed by atoms with E-state index in [4.69, 9.17) is 10.6 Å². The summed E-state index contributed by atoms with van der Waals surface area (Å²) in [5, 5.41) is 0. The minimum absolute atomic E-state index is 0.440. The maximum Gasteiger partial charge on any atom is 0.438 e. The number of carbonyl (C=O) groups is 1. The van der Waals surface area contributed by atoms with E-state index in [9.17, 15) is 9.59 Å². The Hall–Kier alpha value is -3.45. The van der Waals surface area contributed by atoms with Crippen LogP contribution in [0.4, 0.5) is 10.5 Å². The van der Waals surface area contributed by atoms with Crippen LogP contribution in [0, 0.1) is 0 Å². The second-order valence-electron chi connectivity index (χ2n) is 6.02. The molecule has 0 radical (unpaired) electrons. The van der Waals surface area contributed by atoms with Gasteiger partial charge in [0.15, 0.2) is 0 Å². The number of carbonyl (C=O) groups excluding carboxylic acids is 1. The van der Waals surface area contributed by atoms with E-state index in [0.29, 0.717) is 17.8 Å². The maximum atomic E-state index is 12.3. The summed E-state index contributed by atoms with van der Waals surface area (Å²) in [7, 11) is 1.56. The third-order valence-electron chi connectivity index (χ3n) is 4.06. The number of nitrogens with two attached hydrogens (primary N) is 1. The van der Waals surface area contributed by atoms with E-state index in [-0.39, 0.29) is 0 Å². The van der Waals surface area contributed by atoms with Gasteiger partial charge in [0.05, 0.1) is 24.1 Å². The first-order chi connectivity index (χ1) is 13.0. The second kappa shape index (κ2) is 8.29. The Morgan fingerprint density at radius 3 is 2.44 bits per heavy atom. The molecule has 7 heteroatoms. The van der Waals surface area contributed by atoms with Crippen molar-refractivity contribution in [3.8, 4) is 0 Å². The summed E-state index contributed by atoms with van der Waals surface area (Å²) in [4.78, 5) is 34.9. The topological polar surface area (TPSA) is 90.4 Å². The fourth-order valence-electron chi connectivity index (χ4n) is 2.54. The highest BCUT2D eigenvalue weighted by molar-refractivity contribution is 5.87. The molecule has 3 rings (SSSR count). The van der Waals surface area contributed by atoms with Crippen LogP contribution in [0.2, 0.25) is 0 Å². The SMILES string of the molecule is CN(C(=O)On1cc(C(N)Cc2ccccc2)ncc1=O)c1ccccc1. The lowest BCUT2D eigenvalue weighted by atomic mass is 10.0. The molecule has 138 valence electrons. The van der Waals surface area contributed by atoms with Gasteiger partial charge in [0.25, 0.3) is 0 Å². The van der Waals surface area contributed by atoms with Gasteiger partial charge in [0.1, 0.15) is 0 Å². The second-order valence-corrected chi connectivity index (χ2v) is 6.02. The highest BCUT2D eigenvalue weighted by atomic mass is 16.7. The summed E-state index contributed by atoms with van der Waals surface area (Å²) >= 11 is 0. The van der Waals surface area contributed by atoms with Crippen LogP contribution < -0.4 is 21.0 Å². The first-order valence-corrected chi connectivity index (χ1v) is 8.44. The van der Waals surface area contributed by atoms with Crippen LogP contribution in [0.3, 0.4) is 0 Å². The zero-order valence-electron chi connectivity index (χ0n) is 14.9. The Labute approximate surface area is 156 Å². The van der Waals surface area contributed by atoms with Gasteiger partial charge in [-0.2, -0.15) is 0 Å². The summed E-state index contributed by atoms with van der Waals surface area (Å²) in [5.41, 5.74) is 7.79. The van der Waals surface area contributed by atoms with Gasteiger partial charge in [-0.05, 0) is 24.1 Å². The van der Waals surface area contributed by atoms with Crippen LogP contribution in [-0.2, 0) is 6.42 Å². The molecule has 1 heterocycles. The number of nitrogens with zero attached hydrogens (tertiary/aromatic N) is 3. The summed E-state index contributed by atoms with van der Waals surface area (Å²) in [5.74, 6) is 0. The van der Waals surface area contributed by atoms with E-state index in [1.165, 1.54) is 11.1 Å². The van der Waals surface area contributed by atoms with Gasteiger partial charge in [0.2, 0.25) is 0 Å². The largest absolute Gasteiger partial charge is 0.438 e. The molecule has 0 bridgehead atoms. The Balaban J connectivity index is 1.75. The van der Waals surface area contributed by atoms with E-state index >= 15 is 0 Å². The molecule has 27 heavy (non-hydrogen) atoms. The number of hydrogen-bond donors (Lipinski definition) is 1. The van der Waals surface area contributed by atoms with Gasteiger partial charge in [-0.3, -0.25) is 14.7 Å². The fourth-order valence-corrected chi connectivity index (χ4v) is 2.54. The average Bonchev–Trinajstić information content (AvgIpc) is 2.70. The van der Waals surface area contributed by atoms with E-state index < -0.39 is 17.7 Å². The third kappa shape index (κ3) is 4.59. The molecule has 2 aromatic carbocycles. The van der Waals surface area contributed by atoms with Crippen LogP contribution in [0.15, 0.2) is 77.9 Å². The first-order valence-electron chi connectivity index (χ1n) is 8.44. The fraction of sp³-hybridized carbons (Fsp3) is 0.150. The molecule has 0 aliphatic rings. The Morgan fingerprint density at radius 2 is 1.78 bits per heavy atom. The van der Waals surface area contributed by atoms with Gasteiger partial charge >= 0.3 is 11.7 Å². The van der Waals surface area contributed by atoms with Crippen molar-refractivity contribution < 1.29 is 9.63 Å². The smallest absolute Gasteiger partial charge is 0.322 e. The van der Waals surface area contributed by atoms with Gasteiger partial charge in [-0.1, -0.05) is 48.5 Å². The Bertz CT molecular complexity index is 958. The number of benzene rings is 2. The molecule has 0 aliphatic carbocycles. The van der Waals surface area contributed by atoms with Crippen LogP contribution in [0.5, 0.6) is 0 Å². The van der Waals surface area contributed by atoms with E-state index in [1.807, 2.05) is 36.4 Å². The third-order valence-corrected chi connectivity index (χ3v) is 4.06. The van der Waals surface area contributed by atoms with Crippen molar-refractivity contribution in [2.24, 2.45) is 5.73 Å². The van der Waals surface area contributed by atoms with Crippen LogP contribution in [0.1, 0.15) is 17.3 Å². The predicted octanol–water partition coefficient (Wildman–Crippen LogP) is 2.17. The van der Waals surface area contributed by atoms with Crippen molar-refractivity contribution in [3.05, 3.63) is 94.7 Å². The number of hydrogen-bond acceptors (Lipinski definition) is 5. The summed E-state index contributed by atoms with van der Waals surface area (Å²) < 4.78 is 0.856. The van der Waals surface area contributed by atoms with Gasteiger partial charge in [0, 0.05) is 12.7 Å². The zero-order valence-corrected chi connectivity index (χ0v) is 14.9. The highest BCUT2D eigenvalue weighted by Gasteiger charge is 2.16. The number of aromatic nitrogens is 2. The molecule has 1 atom stereocenters. The molecule has 0 aliphatic heterocycles. The zero-order chi connectivity index (χ0) is 19.2. The summed E-state index contributed by atoms with van der Waals surface area (Å²) in [6.45, 7) is 0. The van der Waals surface area contributed by atoms with Gasteiger partial charge in [-0.25, -0.2) is 4.79 Å². The number of para-hydroxylation sites is 1. The monoisotopic (exact) mass is 364 g/mol. The van der Waals surface area contributed by atoms with Gasteiger partial charge < -0.3 is 10.6 Å². The molecule has 1 unspecified atom stereocenters. The Kier molecular flexibility index (Phi) is 5.63. The van der Waals surface area contributed by atoms with Crippen LogP contribution in [0.25, 0.3) is 0 Å². The van der Waals surface area contributed by atoms with Gasteiger partial charge in [-0.15, -0.1) is 4.73 Å². The molecular formula is C20H20N4O3. The van der Waals surface area contributed by atoms with E-state index in [1.54, 1.807) is 31.3 Å². The van der Waals surface area contributed by atoms with E-state index in [2.05, 4.69) is 4.98 Å². The molecule has 1 amide bonds. The molecule has 0 saturated carbocycles. The summed E-state index contributed by atoms with van der Waals surface area (Å²) in [6, 6.07) is 18.2. The lowest BCUT2D eigenvalue weighted by molar-refractivity contribution is 0.135. The van der Waals surface area contributed by atoms with E-state index in [0.717, 1.165) is 16.5 Å². The first kappa shape index (κ1) is 18.3. The minimum atomic E-state index is -0.697. The summed E-state index contributed by atoms with van der Waals surface area (Å²) in [6.07, 6.45) is 2.30. The average molecular weight is 364 g/mol. The van der Waals surface area contributed by atoms with Crippen molar-refractivity contribution in [2.45, 2.75) is 12.5 Å². The van der Waals surface area contributed by atoms with Crippen molar-refractivity contribution in [1.29, 1.82) is 0 Å².